The molecule has 2 aromatic heterocycles. The number of hydrogen-bond acceptors (Lipinski definition) is 2. The van der Waals surface area contributed by atoms with Crippen LogP contribution >= 0.6 is 0 Å². The summed E-state index contributed by atoms with van der Waals surface area (Å²) >= 11 is 0. The molecule has 0 amide bonds. The van der Waals surface area contributed by atoms with Crippen LogP contribution in [0.3, 0.4) is 0 Å². The summed E-state index contributed by atoms with van der Waals surface area (Å²) in [6, 6.07) is 91.7. The number of fused-ring (bicyclic) bond motifs is 7. The number of para-hydroxylation sites is 4. The molecule has 2 heterocycles. The van der Waals surface area contributed by atoms with Crippen LogP contribution in [0, 0.1) is 0 Å². The number of aromatic nitrogens is 1. The van der Waals surface area contributed by atoms with E-state index in [0.29, 0.717) is 0 Å². The normalized spacial score (nSPS) is 11.6. The number of anilines is 3. The molecule has 0 saturated carbocycles. The third-order valence-corrected chi connectivity index (χ3v) is 13.4. The van der Waals surface area contributed by atoms with Gasteiger partial charge in [-0.1, -0.05) is 194 Å². The SMILES string of the molecule is c1ccc(-c2ccc(-c3ccc(N(c4ccc(-c5cccc6ccccc56)cc4)c4ccc(-c5ccccc5-n5c6ccccc6c6ccccc65)c5oc6ccccc6c45)cc3)cc2)cc1. The largest absolute Gasteiger partial charge is 0.455 e. The first-order valence-corrected chi connectivity index (χ1v) is 22.9. The highest BCUT2D eigenvalue weighted by molar-refractivity contribution is 6.18. The summed E-state index contributed by atoms with van der Waals surface area (Å²) in [4.78, 5) is 2.39. The van der Waals surface area contributed by atoms with E-state index in [1.165, 1.54) is 60.4 Å². The number of hydrogen-bond donors (Lipinski definition) is 0. The summed E-state index contributed by atoms with van der Waals surface area (Å²) in [5.74, 6) is 0. The summed E-state index contributed by atoms with van der Waals surface area (Å²) in [6.07, 6.45) is 0. The van der Waals surface area contributed by atoms with Crippen molar-refractivity contribution in [3.8, 4) is 50.2 Å². The Morgan fingerprint density at radius 3 is 1.49 bits per heavy atom. The Kier molecular flexibility index (Phi) is 9.17. The van der Waals surface area contributed by atoms with Crippen LogP contribution in [0.5, 0.6) is 0 Å². The van der Waals surface area contributed by atoms with E-state index in [9.17, 15) is 0 Å². The van der Waals surface area contributed by atoms with Crippen LogP contribution in [0.2, 0.25) is 0 Å². The molecule has 13 aromatic rings. The molecule has 0 radical (unpaired) electrons. The zero-order valence-electron chi connectivity index (χ0n) is 36.6. The van der Waals surface area contributed by atoms with Crippen molar-refractivity contribution in [3.05, 3.63) is 255 Å². The van der Waals surface area contributed by atoms with E-state index < -0.39 is 0 Å². The van der Waals surface area contributed by atoms with Crippen LogP contribution < -0.4 is 4.90 Å². The molecule has 0 saturated heterocycles. The van der Waals surface area contributed by atoms with Crippen molar-refractivity contribution in [3.63, 3.8) is 0 Å². The maximum atomic E-state index is 7.05. The monoisotopic (exact) mass is 854 g/mol. The minimum Gasteiger partial charge on any atom is -0.455 e. The third-order valence-electron chi connectivity index (χ3n) is 13.4. The first-order chi connectivity index (χ1) is 33.2. The highest BCUT2D eigenvalue weighted by Gasteiger charge is 2.24. The standard InChI is InChI=1S/C64H42N2O/c1-2-15-43(16-3-1)44-29-31-45(32-30-44)46-33-37-49(38-34-46)65(50-39-35-48(36-40-50)52-24-14-18-47-17-4-5-19-51(47)52)61-42-41-56(64-63(61)57-23-9-13-28-62(57)67-64)55-22-8-12-27-60(55)66-58-25-10-6-20-53(58)54-21-7-11-26-59(54)66/h1-42H. The Labute approximate surface area is 388 Å². The molecule has 0 aliphatic heterocycles. The summed E-state index contributed by atoms with van der Waals surface area (Å²) < 4.78 is 9.45. The molecule has 67 heavy (non-hydrogen) atoms. The molecule has 0 fully saturated rings. The van der Waals surface area contributed by atoms with Gasteiger partial charge < -0.3 is 13.9 Å². The molecule has 13 rings (SSSR count). The quantitative estimate of drug-likeness (QED) is 0.152. The maximum Gasteiger partial charge on any atom is 0.145 e. The van der Waals surface area contributed by atoms with E-state index in [4.69, 9.17) is 4.42 Å². The number of benzene rings is 11. The average Bonchev–Trinajstić information content (AvgIpc) is 3.96. The number of rotatable bonds is 8. The Morgan fingerprint density at radius 1 is 0.313 bits per heavy atom. The van der Waals surface area contributed by atoms with Crippen molar-refractivity contribution in [2.45, 2.75) is 0 Å². The Bertz CT molecular complexity index is 3900. The zero-order chi connectivity index (χ0) is 44.3. The zero-order valence-corrected chi connectivity index (χ0v) is 36.6. The molecule has 11 aromatic carbocycles. The molecule has 3 nitrogen and oxygen atoms in total. The van der Waals surface area contributed by atoms with Gasteiger partial charge in [-0.25, -0.2) is 0 Å². The Balaban J connectivity index is 0.992. The van der Waals surface area contributed by atoms with Crippen LogP contribution in [0.4, 0.5) is 17.1 Å². The maximum absolute atomic E-state index is 7.05. The van der Waals surface area contributed by atoms with E-state index in [0.717, 1.165) is 61.4 Å². The predicted molar refractivity (Wildman–Crippen MR) is 282 cm³/mol. The van der Waals surface area contributed by atoms with Gasteiger partial charge in [-0.15, -0.1) is 0 Å². The van der Waals surface area contributed by atoms with Crippen molar-refractivity contribution in [2.24, 2.45) is 0 Å². The van der Waals surface area contributed by atoms with Crippen LogP contribution in [0.15, 0.2) is 259 Å². The molecule has 0 atom stereocenters. The topological polar surface area (TPSA) is 21.3 Å². The highest BCUT2D eigenvalue weighted by Crippen LogP contribution is 2.48. The van der Waals surface area contributed by atoms with Gasteiger partial charge in [0.25, 0.3) is 0 Å². The predicted octanol–water partition coefficient (Wildman–Crippen LogP) is 18.0. The molecule has 0 spiro atoms. The van der Waals surface area contributed by atoms with Gasteiger partial charge >= 0.3 is 0 Å². The fourth-order valence-corrected chi connectivity index (χ4v) is 10.3. The lowest BCUT2D eigenvalue weighted by molar-refractivity contribution is 0.670. The minimum atomic E-state index is 0.847. The lowest BCUT2D eigenvalue weighted by Crippen LogP contribution is -2.10. The van der Waals surface area contributed by atoms with Gasteiger partial charge in [-0.2, -0.15) is 0 Å². The second-order valence-electron chi connectivity index (χ2n) is 17.2. The van der Waals surface area contributed by atoms with E-state index in [1.54, 1.807) is 0 Å². The lowest BCUT2D eigenvalue weighted by Gasteiger charge is -2.27. The molecule has 0 N–H and O–H groups in total. The first-order valence-electron chi connectivity index (χ1n) is 22.9. The van der Waals surface area contributed by atoms with Crippen molar-refractivity contribution in [1.82, 2.24) is 4.57 Å². The smallest absolute Gasteiger partial charge is 0.145 e. The molecule has 314 valence electrons. The van der Waals surface area contributed by atoms with Gasteiger partial charge in [0.1, 0.15) is 11.2 Å². The van der Waals surface area contributed by atoms with Crippen LogP contribution in [-0.4, -0.2) is 4.57 Å². The highest BCUT2D eigenvalue weighted by atomic mass is 16.3. The van der Waals surface area contributed by atoms with Crippen molar-refractivity contribution in [1.29, 1.82) is 0 Å². The lowest BCUT2D eigenvalue weighted by atomic mass is 9.97. The van der Waals surface area contributed by atoms with E-state index in [1.807, 2.05) is 0 Å². The second-order valence-corrected chi connectivity index (χ2v) is 17.2. The van der Waals surface area contributed by atoms with Crippen molar-refractivity contribution < 1.29 is 4.42 Å². The summed E-state index contributed by atoms with van der Waals surface area (Å²) in [5, 5.41) is 7.06. The van der Waals surface area contributed by atoms with Gasteiger partial charge in [0.2, 0.25) is 0 Å². The molecule has 0 aliphatic carbocycles. The van der Waals surface area contributed by atoms with Gasteiger partial charge in [0.15, 0.2) is 0 Å². The second kappa shape index (κ2) is 16.0. The fraction of sp³-hybridized carbons (Fsp3) is 0. The molecule has 0 unspecified atom stereocenters. The van der Waals surface area contributed by atoms with E-state index >= 15 is 0 Å². The molecule has 0 aliphatic rings. The Hall–Kier alpha value is -8.92. The number of furan rings is 1. The van der Waals surface area contributed by atoms with Gasteiger partial charge in [0, 0.05) is 38.7 Å². The van der Waals surface area contributed by atoms with Gasteiger partial charge in [-0.3, -0.25) is 0 Å². The summed E-state index contributed by atoms with van der Waals surface area (Å²) in [7, 11) is 0. The fourth-order valence-electron chi connectivity index (χ4n) is 10.3. The minimum absolute atomic E-state index is 0.847. The van der Waals surface area contributed by atoms with Gasteiger partial charge in [-0.05, 0) is 105 Å². The van der Waals surface area contributed by atoms with E-state index in [2.05, 4.69) is 264 Å². The van der Waals surface area contributed by atoms with Crippen molar-refractivity contribution >= 4 is 71.6 Å². The summed E-state index contributed by atoms with van der Waals surface area (Å²) in [5.41, 5.74) is 17.5. The van der Waals surface area contributed by atoms with E-state index in [-0.39, 0.29) is 0 Å². The first kappa shape index (κ1) is 38.5. The summed E-state index contributed by atoms with van der Waals surface area (Å²) in [6.45, 7) is 0. The van der Waals surface area contributed by atoms with Crippen LogP contribution in [0.1, 0.15) is 0 Å². The van der Waals surface area contributed by atoms with Crippen LogP contribution in [0.25, 0.3) is 105 Å². The number of nitrogens with zero attached hydrogens (tertiary/aromatic N) is 2. The van der Waals surface area contributed by atoms with Crippen LogP contribution in [-0.2, 0) is 0 Å². The van der Waals surface area contributed by atoms with Gasteiger partial charge in [0.05, 0.1) is 27.8 Å². The molecule has 3 heteroatoms. The Morgan fingerprint density at radius 2 is 0.806 bits per heavy atom. The molecular formula is C64H42N2O. The van der Waals surface area contributed by atoms with Crippen molar-refractivity contribution in [2.75, 3.05) is 4.90 Å². The molecule has 0 bridgehead atoms. The average molecular weight is 855 g/mol. The molecular weight excluding hydrogens is 813 g/mol. The third kappa shape index (κ3) is 6.51.